The third-order valence-electron chi connectivity index (χ3n) is 2.78. The van der Waals surface area contributed by atoms with Crippen LogP contribution in [0.15, 0.2) is 18.2 Å². The average molecular weight is 272 g/mol. The van der Waals surface area contributed by atoms with Gasteiger partial charge in [-0.3, -0.25) is 9.62 Å². The van der Waals surface area contributed by atoms with Crippen LogP contribution in [0.2, 0.25) is 5.02 Å². The molecular formula is C11H14ClN3OS. The first-order valence-electron chi connectivity index (χ1n) is 5.32. The van der Waals surface area contributed by atoms with Gasteiger partial charge in [0.05, 0.1) is 10.7 Å². The Kier molecular flexibility index (Phi) is 3.69. The Bertz CT molecular complexity index is 468. The van der Waals surface area contributed by atoms with Gasteiger partial charge in [-0.2, -0.15) is 0 Å². The van der Waals surface area contributed by atoms with Crippen molar-refractivity contribution in [3.63, 3.8) is 0 Å². The van der Waals surface area contributed by atoms with Crippen LogP contribution in [0.4, 0.5) is 5.69 Å². The highest BCUT2D eigenvalue weighted by Crippen LogP contribution is 2.27. The molecule has 1 aromatic rings. The van der Waals surface area contributed by atoms with Gasteiger partial charge in [-0.05, 0) is 18.2 Å². The molecule has 0 aromatic heterocycles. The lowest BCUT2D eigenvalue weighted by molar-refractivity contribution is 0.673. The molecule has 0 saturated carbocycles. The second-order valence-electron chi connectivity index (χ2n) is 3.91. The van der Waals surface area contributed by atoms with Crippen molar-refractivity contribution >= 4 is 33.9 Å². The Hall–Kier alpha value is -1.07. The topological polar surface area (TPSA) is 70.2 Å². The summed E-state index contributed by atoms with van der Waals surface area (Å²) in [5.41, 5.74) is 6.95. The highest BCUT2D eigenvalue weighted by Gasteiger charge is 2.17. The van der Waals surface area contributed by atoms with Crippen LogP contribution in [0.5, 0.6) is 0 Å². The van der Waals surface area contributed by atoms with Crippen molar-refractivity contribution in [2.24, 2.45) is 5.73 Å². The van der Waals surface area contributed by atoms with Crippen molar-refractivity contribution in [3.05, 3.63) is 28.8 Å². The van der Waals surface area contributed by atoms with Gasteiger partial charge in [-0.1, -0.05) is 11.6 Å². The van der Waals surface area contributed by atoms with Crippen molar-refractivity contribution in [2.75, 3.05) is 29.5 Å². The minimum Gasteiger partial charge on any atom is -0.384 e. The predicted molar refractivity (Wildman–Crippen MR) is 72.6 cm³/mol. The van der Waals surface area contributed by atoms with Gasteiger partial charge in [0.2, 0.25) is 0 Å². The third kappa shape index (κ3) is 2.79. The van der Waals surface area contributed by atoms with E-state index in [1.807, 2.05) is 6.07 Å². The number of nitrogens with one attached hydrogen (secondary N) is 1. The van der Waals surface area contributed by atoms with E-state index in [2.05, 4.69) is 4.90 Å². The molecule has 0 spiro atoms. The molecule has 0 aliphatic carbocycles. The highest BCUT2D eigenvalue weighted by atomic mass is 35.5. The lowest BCUT2D eigenvalue weighted by Gasteiger charge is -2.29. The molecule has 17 heavy (non-hydrogen) atoms. The van der Waals surface area contributed by atoms with Gasteiger partial charge in [0, 0.05) is 41.0 Å². The number of anilines is 1. The Morgan fingerprint density at radius 1 is 1.41 bits per heavy atom. The molecule has 1 heterocycles. The molecule has 4 nitrogen and oxygen atoms in total. The molecule has 0 atom stereocenters. The number of benzene rings is 1. The number of amidine groups is 1. The van der Waals surface area contributed by atoms with Crippen LogP contribution in [-0.4, -0.2) is 34.6 Å². The fraction of sp³-hybridized carbons (Fsp3) is 0.364. The fourth-order valence-electron chi connectivity index (χ4n) is 1.81. The Morgan fingerprint density at radius 2 is 2.06 bits per heavy atom. The summed E-state index contributed by atoms with van der Waals surface area (Å²) in [7, 11) is -0.692. The molecule has 0 unspecified atom stereocenters. The second kappa shape index (κ2) is 5.06. The van der Waals surface area contributed by atoms with Crippen LogP contribution in [0.3, 0.4) is 0 Å². The van der Waals surface area contributed by atoms with Crippen LogP contribution in [0.1, 0.15) is 5.56 Å². The molecule has 0 amide bonds. The molecule has 1 aliphatic heterocycles. The Labute approximate surface area is 108 Å². The summed E-state index contributed by atoms with van der Waals surface area (Å²) in [6, 6.07) is 5.35. The van der Waals surface area contributed by atoms with E-state index in [0.717, 1.165) is 18.8 Å². The summed E-state index contributed by atoms with van der Waals surface area (Å²) in [5.74, 6) is 1.38. The number of halogens is 1. The zero-order chi connectivity index (χ0) is 12.4. The highest BCUT2D eigenvalue weighted by molar-refractivity contribution is 7.85. The molecule has 1 aromatic carbocycles. The molecule has 0 bridgehead atoms. The Balaban J connectivity index is 2.21. The lowest BCUT2D eigenvalue weighted by Crippen LogP contribution is -2.37. The van der Waals surface area contributed by atoms with Crippen LogP contribution >= 0.6 is 11.6 Å². The normalized spacial score (nSPS) is 17.1. The van der Waals surface area contributed by atoms with Crippen molar-refractivity contribution in [1.29, 1.82) is 5.41 Å². The number of nitrogens with zero attached hydrogens (tertiary/aromatic N) is 1. The molecule has 6 heteroatoms. The number of nitrogen functional groups attached to an aromatic ring is 1. The van der Waals surface area contributed by atoms with Crippen molar-refractivity contribution in [3.8, 4) is 0 Å². The minimum absolute atomic E-state index is 0.0122. The van der Waals surface area contributed by atoms with Gasteiger partial charge < -0.3 is 10.6 Å². The molecule has 92 valence electrons. The largest absolute Gasteiger partial charge is 0.384 e. The second-order valence-corrected chi connectivity index (χ2v) is 6.02. The van der Waals surface area contributed by atoms with Crippen molar-refractivity contribution in [2.45, 2.75) is 0 Å². The van der Waals surface area contributed by atoms with Crippen LogP contribution in [0.25, 0.3) is 0 Å². The van der Waals surface area contributed by atoms with E-state index in [0.29, 0.717) is 22.1 Å². The molecular weight excluding hydrogens is 258 g/mol. The first kappa shape index (κ1) is 12.4. The van der Waals surface area contributed by atoms with Crippen LogP contribution < -0.4 is 10.6 Å². The van der Waals surface area contributed by atoms with Crippen LogP contribution in [-0.2, 0) is 10.8 Å². The zero-order valence-electron chi connectivity index (χ0n) is 9.28. The molecule has 1 saturated heterocycles. The van der Waals surface area contributed by atoms with E-state index >= 15 is 0 Å². The van der Waals surface area contributed by atoms with E-state index in [1.165, 1.54) is 0 Å². The Morgan fingerprint density at radius 3 is 2.59 bits per heavy atom. The minimum atomic E-state index is -0.692. The van der Waals surface area contributed by atoms with Gasteiger partial charge in [0.25, 0.3) is 0 Å². The summed E-state index contributed by atoms with van der Waals surface area (Å²) < 4.78 is 11.3. The summed E-state index contributed by atoms with van der Waals surface area (Å²) in [6.45, 7) is 1.51. The number of hydrogen-bond acceptors (Lipinski definition) is 3. The number of nitrogens with two attached hydrogens (primary N) is 1. The van der Waals surface area contributed by atoms with Gasteiger partial charge in [0.1, 0.15) is 5.84 Å². The van der Waals surface area contributed by atoms with E-state index in [1.54, 1.807) is 12.1 Å². The first-order valence-corrected chi connectivity index (χ1v) is 7.18. The quantitative estimate of drug-likeness (QED) is 0.627. The monoisotopic (exact) mass is 271 g/mol. The van der Waals surface area contributed by atoms with E-state index < -0.39 is 10.8 Å². The summed E-state index contributed by atoms with van der Waals surface area (Å²) in [4.78, 5) is 2.12. The number of hydrogen-bond donors (Lipinski definition) is 2. The summed E-state index contributed by atoms with van der Waals surface area (Å²) >= 11 is 6.17. The SMILES string of the molecule is N=C(N)c1ccc(N2CCS(=O)CC2)c(Cl)c1. The van der Waals surface area contributed by atoms with E-state index in [-0.39, 0.29) is 5.84 Å². The van der Waals surface area contributed by atoms with Crippen LogP contribution in [0, 0.1) is 5.41 Å². The lowest BCUT2D eigenvalue weighted by atomic mass is 10.2. The molecule has 2 rings (SSSR count). The predicted octanol–water partition coefficient (Wildman–Crippen LogP) is 1.19. The molecule has 3 N–H and O–H groups in total. The number of rotatable bonds is 2. The first-order chi connectivity index (χ1) is 8.08. The summed E-state index contributed by atoms with van der Waals surface area (Å²) in [5, 5.41) is 7.93. The van der Waals surface area contributed by atoms with Gasteiger partial charge >= 0.3 is 0 Å². The fourth-order valence-corrected chi connectivity index (χ4v) is 3.16. The molecule has 1 aliphatic rings. The van der Waals surface area contributed by atoms with E-state index in [9.17, 15) is 4.21 Å². The average Bonchev–Trinajstić information content (AvgIpc) is 2.30. The summed E-state index contributed by atoms with van der Waals surface area (Å²) in [6.07, 6.45) is 0. The van der Waals surface area contributed by atoms with Crippen molar-refractivity contribution < 1.29 is 4.21 Å². The van der Waals surface area contributed by atoms with E-state index in [4.69, 9.17) is 22.7 Å². The zero-order valence-corrected chi connectivity index (χ0v) is 10.9. The third-order valence-corrected chi connectivity index (χ3v) is 4.36. The smallest absolute Gasteiger partial charge is 0.122 e. The maximum atomic E-state index is 11.3. The molecule has 1 fully saturated rings. The van der Waals surface area contributed by atoms with Crippen molar-refractivity contribution in [1.82, 2.24) is 0 Å². The standard InChI is InChI=1S/C11H14ClN3OS/c12-9-7-8(11(13)14)1-2-10(9)15-3-5-17(16)6-4-15/h1-2,7H,3-6H2,(H3,13,14). The maximum Gasteiger partial charge on any atom is 0.122 e. The maximum absolute atomic E-state index is 11.3. The van der Waals surface area contributed by atoms with Gasteiger partial charge in [0.15, 0.2) is 0 Å². The van der Waals surface area contributed by atoms with Gasteiger partial charge in [-0.25, -0.2) is 0 Å². The van der Waals surface area contributed by atoms with Gasteiger partial charge in [-0.15, -0.1) is 0 Å². The molecule has 0 radical (unpaired) electrons.